The molecule has 7 heteroatoms. The highest BCUT2D eigenvalue weighted by molar-refractivity contribution is 9.10. The predicted molar refractivity (Wildman–Crippen MR) is 104 cm³/mol. The second-order valence-electron chi connectivity index (χ2n) is 6.57. The fraction of sp³-hybridized carbons (Fsp3) is 0.500. The first-order chi connectivity index (χ1) is 12.3. The van der Waals surface area contributed by atoms with Crippen molar-refractivity contribution in [2.24, 2.45) is 0 Å². The van der Waals surface area contributed by atoms with Gasteiger partial charge in [-0.2, -0.15) is 4.98 Å². The Kier molecular flexibility index (Phi) is 5.01. The maximum absolute atomic E-state index is 4.83. The monoisotopic (exact) mass is 402 g/mol. The predicted octanol–water partition coefficient (Wildman–Crippen LogP) is 2.95. The summed E-state index contributed by atoms with van der Waals surface area (Å²) in [6, 6.07) is 6.14. The third-order valence-corrected chi connectivity index (χ3v) is 5.38. The number of rotatable bonds is 3. The fourth-order valence-electron chi connectivity index (χ4n) is 3.48. The second-order valence-corrected chi connectivity index (χ2v) is 7.49. The van der Waals surface area contributed by atoms with Gasteiger partial charge in [-0.25, -0.2) is 9.97 Å². The van der Waals surface area contributed by atoms with Crippen LogP contribution in [-0.2, 0) is 0 Å². The number of piperazine rings is 1. The summed E-state index contributed by atoms with van der Waals surface area (Å²) in [5.74, 6) is 2.96. The summed E-state index contributed by atoms with van der Waals surface area (Å²) < 4.78 is 1.01. The van der Waals surface area contributed by atoms with Crippen molar-refractivity contribution in [1.29, 1.82) is 0 Å². The van der Waals surface area contributed by atoms with Crippen molar-refractivity contribution in [2.75, 3.05) is 54.0 Å². The van der Waals surface area contributed by atoms with Crippen LogP contribution in [0.25, 0.3) is 0 Å². The Hall–Kier alpha value is -1.89. The molecule has 2 aromatic heterocycles. The van der Waals surface area contributed by atoms with Gasteiger partial charge >= 0.3 is 0 Å². The Bertz CT molecular complexity index is 693. The van der Waals surface area contributed by atoms with E-state index in [1.54, 1.807) is 0 Å². The quantitative estimate of drug-likeness (QED) is 0.786. The molecule has 4 heterocycles. The Morgan fingerprint density at radius 2 is 1.44 bits per heavy atom. The first-order valence-electron chi connectivity index (χ1n) is 8.99. The van der Waals surface area contributed by atoms with Crippen molar-refractivity contribution in [2.45, 2.75) is 19.3 Å². The van der Waals surface area contributed by atoms with E-state index in [4.69, 9.17) is 4.98 Å². The van der Waals surface area contributed by atoms with Crippen molar-refractivity contribution in [3.63, 3.8) is 0 Å². The van der Waals surface area contributed by atoms with E-state index in [-0.39, 0.29) is 0 Å². The van der Waals surface area contributed by atoms with Crippen LogP contribution in [-0.4, -0.2) is 54.2 Å². The van der Waals surface area contributed by atoms with Crippen LogP contribution in [0.15, 0.2) is 35.1 Å². The van der Waals surface area contributed by atoms with E-state index in [1.165, 1.54) is 19.3 Å². The van der Waals surface area contributed by atoms with Crippen molar-refractivity contribution in [1.82, 2.24) is 15.0 Å². The molecule has 2 fully saturated rings. The van der Waals surface area contributed by atoms with Crippen LogP contribution in [0, 0.1) is 0 Å². The molecule has 2 aliphatic heterocycles. The lowest BCUT2D eigenvalue weighted by Gasteiger charge is -2.36. The molecule has 0 spiro atoms. The van der Waals surface area contributed by atoms with Crippen molar-refractivity contribution in [3.8, 4) is 0 Å². The molecule has 0 radical (unpaired) electrons. The molecule has 2 aromatic rings. The number of anilines is 3. The Morgan fingerprint density at radius 1 is 0.720 bits per heavy atom. The second kappa shape index (κ2) is 7.56. The average Bonchev–Trinajstić information content (AvgIpc) is 2.70. The molecule has 25 heavy (non-hydrogen) atoms. The van der Waals surface area contributed by atoms with E-state index in [9.17, 15) is 0 Å². The molecule has 6 nitrogen and oxygen atoms in total. The summed E-state index contributed by atoms with van der Waals surface area (Å²) in [6.07, 6.45) is 7.61. The van der Waals surface area contributed by atoms with E-state index < -0.39 is 0 Å². The van der Waals surface area contributed by atoms with E-state index in [1.807, 2.05) is 24.5 Å². The molecule has 0 aliphatic carbocycles. The number of hydrogen-bond acceptors (Lipinski definition) is 6. The lowest BCUT2D eigenvalue weighted by Crippen LogP contribution is -2.47. The molecular formula is C18H23BrN6. The van der Waals surface area contributed by atoms with Gasteiger partial charge in [-0.1, -0.05) is 0 Å². The third-order valence-electron chi connectivity index (χ3n) is 4.91. The minimum Gasteiger partial charge on any atom is -0.356 e. The highest BCUT2D eigenvalue weighted by Crippen LogP contribution is 2.21. The van der Waals surface area contributed by atoms with Crippen LogP contribution in [0.1, 0.15) is 19.3 Å². The zero-order valence-electron chi connectivity index (χ0n) is 14.3. The van der Waals surface area contributed by atoms with E-state index in [0.29, 0.717) is 0 Å². The van der Waals surface area contributed by atoms with Gasteiger partial charge < -0.3 is 14.7 Å². The van der Waals surface area contributed by atoms with E-state index in [0.717, 1.165) is 61.3 Å². The molecule has 132 valence electrons. The number of piperidine rings is 1. The molecule has 0 N–H and O–H groups in total. The summed E-state index contributed by atoms with van der Waals surface area (Å²) in [5, 5.41) is 0. The van der Waals surface area contributed by atoms with Crippen molar-refractivity contribution in [3.05, 3.63) is 35.1 Å². The SMILES string of the molecule is Brc1ccc(N2CCN(c3nccc(N4CCCCC4)n3)CC2)nc1. The van der Waals surface area contributed by atoms with Gasteiger partial charge in [0.15, 0.2) is 0 Å². The first-order valence-corrected chi connectivity index (χ1v) is 9.78. The summed E-state index contributed by atoms with van der Waals surface area (Å²) >= 11 is 3.44. The molecule has 0 amide bonds. The minimum atomic E-state index is 0.853. The van der Waals surface area contributed by atoms with Gasteiger partial charge in [0.05, 0.1) is 0 Å². The molecule has 0 bridgehead atoms. The van der Waals surface area contributed by atoms with Crippen LogP contribution >= 0.6 is 15.9 Å². The van der Waals surface area contributed by atoms with E-state index in [2.05, 4.69) is 46.7 Å². The zero-order chi connectivity index (χ0) is 17.1. The Morgan fingerprint density at radius 3 is 2.16 bits per heavy atom. The Balaban J connectivity index is 1.41. The lowest BCUT2D eigenvalue weighted by molar-refractivity contribution is 0.571. The van der Waals surface area contributed by atoms with Gasteiger partial charge in [-0.3, -0.25) is 0 Å². The standard InChI is InChI=1S/C18H23BrN6/c19-15-4-5-16(21-14-15)24-10-12-25(13-11-24)18-20-7-6-17(22-18)23-8-2-1-3-9-23/h4-7,14H,1-3,8-13H2. The number of aromatic nitrogens is 3. The molecule has 2 aliphatic rings. The molecule has 4 rings (SSSR count). The van der Waals surface area contributed by atoms with Crippen LogP contribution in [0.4, 0.5) is 17.6 Å². The number of halogens is 1. The van der Waals surface area contributed by atoms with E-state index >= 15 is 0 Å². The van der Waals surface area contributed by atoms with Crippen molar-refractivity contribution < 1.29 is 0 Å². The fourth-order valence-corrected chi connectivity index (χ4v) is 3.72. The van der Waals surface area contributed by atoms with Gasteiger partial charge in [0.2, 0.25) is 5.95 Å². The third kappa shape index (κ3) is 3.86. The van der Waals surface area contributed by atoms with Crippen LogP contribution in [0.2, 0.25) is 0 Å². The van der Waals surface area contributed by atoms with Gasteiger partial charge in [0, 0.05) is 56.1 Å². The van der Waals surface area contributed by atoms with Crippen LogP contribution in [0.5, 0.6) is 0 Å². The summed E-state index contributed by atoms with van der Waals surface area (Å²) in [7, 11) is 0. The van der Waals surface area contributed by atoms with Crippen molar-refractivity contribution >= 4 is 33.5 Å². The summed E-state index contributed by atoms with van der Waals surface area (Å²) in [6.45, 7) is 5.93. The smallest absolute Gasteiger partial charge is 0.227 e. The lowest BCUT2D eigenvalue weighted by atomic mass is 10.1. The summed E-state index contributed by atoms with van der Waals surface area (Å²) in [5.41, 5.74) is 0. The molecule has 0 atom stereocenters. The first kappa shape index (κ1) is 16.6. The zero-order valence-corrected chi connectivity index (χ0v) is 15.9. The molecule has 0 aromatic carbocycles. The van der Waals surface area contributed by atoms with Crippen LogP contribution < -0.4 is 14.7 Å². The van der Waals surface area contributed by atoms with Gasteiger partial charge in [-0.15, -0.1) is 0 Å². The molecular weight excluding hydrogens is 380 g/mol. The minimum absolute atomic E-state index is 0.853. The number of hydrogen-bond donors (Lipinski definition) is 0. The molecule has 0 unspecified atom stereocenters. The highest BCUT2D eigenvalue weighted by Gasteiger charge is 2.21. The Labute approximate surface area is 157 Å². The van der Waals surface area contributed by atoms with Gasteiger partial charge in [0.1, 0.15) is 11.6 Å². The van der Waals surface area contributed by atoms with Gasteiger partial charge in [0.25, 0.3) is 0 Å². The summed E-state index contributed by atoms with van der Waals surface area (Å²) in [4.78, 5) is 20.8. The van der Waals surface area contributed by atoms with Gasteiger partial charge in [-0.05, 0) is 53.4 Å². The molecule has 2 saturated heterocycles. The largest absolute Gasteiger partial charge is 0.356 e. The number of pyridine rings is 1. The number of nitrogens with zero attached hydrogens (tertiary/aromatic N) is 6. The normalized spacial score (nSPS) is 18.5. The van der Waals surface area contributed by atoms with Crippen LogP contribution in [0.3, 0.4) is 0 Å². The highest BCUT2D eigenvalue weighted by atomic mass is 79.9. The maximum Gasteiger partial charge on any atom is 0.227 e. The maximum atomic E-state index is 4.83. The topological polar surface area (TPSA) is 48.4 Å². The molecule has 0 saturated carbocycles. The average molecular weight is 403 g/mol.